The van der Waals surface area contributed by atoms with E-state index in [0.717, 1.165) is 0 Å². The van der Waals surface area contributed by atoms with Gasteiger partial charge in [-0.15, -0.1) is 5.10 Å². The second kappa shape index (κ2) is 8.39. The average Bonchev–Trinajstić information content (AvgIpc) is 3.19. The molecule has 0 atom stereocenters. The van der Waals surface area contributed by atoms with Gasteiger partial charge in [0.05, 0.1) is 23.9 Å². The van der Waals surface area contributed by atoms with Crippen molar-refractivity contribution in [1.29, 1.82) is 0 Å². The molecule has 0 spiro atoms. The predicted molar refractivity (Wildman–Crippen MR) is 94.7 cm³/mol. The molecule has 0 bridgehead atoms. The van der Waals surface area contributed by atoms with Crippen LogP contribution < -0.4 is 14.9 Å². The summed E-state index contributed by atoms with van der Waals surface area (Å²) in [5.41, 5.74) is 2.82. The third-order valence-electron chi connectivity index (χ3n) is 3.34. The van der Waals surface area contributed by atoms with Crippen LogP contribution in [0.3, 0.4) is 0 Å². The minimum absolute atomic E-state index is 0.0524. The molecule has 0 fully saturated rings. The fraction of sp³-hybridized carbons (Fsp3) is 0.0625. The zero-order valence-corrected chi connectivity index (χ0v) is 14.9. The van der Waals surface area contributed by atoms with Gasteiger partial charge < -0.3 is 9.47 Å². The molecule has 0 aliphatic rings. The van der Waals surface area contributed by atoms with Crippen molar-refractivity contribution in [3.05, 3.63) is 58.1 Å². The summed E-state index contributed by atoms with van der Waals surface area (Å²) in [7, 11) is 1.37. The lowest BCUT2D eigenvalue weighted by molar-refractivity contribution is 0.0729. The molecule has 2 aromatic carbocycles. The molecule has 0 amide bonds. The van der Waals surface area contributed by atoms with Crippen LogP contribution in [0.15, 0.2) is 35.4 Å². The Bertz CT molecular complexity index is 1030. The monoisotopic (exact) mass is 408 g/mol. The van der Waals surface area contributed by atoms with Gasteiger partial charge in [0.2, 0.25) is 0 Å². The number of rotatable bonds is 6. The van der Waals surface area contributed by atoms with Crippen molar-refractivity contribution in [3.63, 3.8) is 0 Å². The van der Waals surface area contributed by atoms with Gasteiger partial charge in [0, 0.05) is 0 Å². The fourth-order valence-corrected chi connectivity index (χ4v) is 2.28. The molecule has 0 saturated carbocycles. The van der Waals surface area contributed by atoms with E-state index in [1.165, 1.54) is 25.5 Å². The summed E-state index contributed by atoms with van der Waals surface area (Å²) in [4.78, 5) is 12.2. The third-order valence-corrected chi connectivity index (χ3v) is 3.66. The second-order valence-corrected chi connectivity index (χ2v) is 5.56. The van der Waals surface area contributed by atoms with Gasteiger partial charge in [-0.2, -0.15) is 10.3 Å². The number of nitrogens with zero attached hydrogens (tertiary/aromatic N) is 4. The molecule has 3 aromatic rings. The lowest BCUT2D eigenvalue weighted by Gasteiger charge is -2.11. The lowest BCUT2D eigenvalue weighted by Crippen LogP contribution is -2.11. The smallest absolute Gasteiger partial charge is 0.345 e. The van der Waals surface area contributed by atoms with Gasteiger partial charge in [0.25, 0.3) is 5.95 Å². The number of ether oxygens (including phenoxy) is 2. The van der Waals surface area contributed by atoms with Crippen molar-refractivity contribution >= 4 is 29.7 Å². The van der Waals surface area contributed by atoms with E-state index >= 15 is 0 Å². The van der Waals surface area contributed by atoms with E-state index in [2.05, 4.69) is 31.2 Å². The molecule has 1 heterocycles. The number of hydrazone groups is 1. The van der Waals surface area contributed by atoms with Crippen LogP contribution in [0.1, 0.15) is 15.9 Å². The number of H-pyrrole nitrogens is 1. The van der Waals surface area contributed by atoms with E-state index in [0.29, 0.717) is 17.7 Å². The predicted octanol–water partition coefficient (Wildman–Crippen LogP) is 2.81. The molecule has 1 aromatic heterocycles. The van der Waals surface area contributed by atoms with E-state index in [9.17, 15) is 13.6 Å². The summed E-state index contributed by atoms with van der Waals surface area (Å²) < 4.78 is 36.9. The SMILES string of the molecule is COc1cc(C=NNc2nn[nH]n2)ccc1OC(=O)c1cc(F)c(F)cc1Cl. The largest absolute Gasteiger partial charge is 0.493 e. The van der Waals surface area contributed by atoms with Gasteiger partial charge in [0.1, 0.15) is 0 Å². The van der Waals surface area contributed by atoms with Crippen molar-refractivity contribution in [1.82, 2.24) is 20.6 Å². The van der Waals surface area contributed by atoms with Gasteiger partial charge in [-0.1, -0.05) is 16.7 Å². The zero-order chi connectivity index (χ0) is 20.1. The summed E-state index contributed by atoms with van der Waals surface area (Å²) in [6.45, 7) is 0. The first-order valence-corrected chi connectivity index (χ1v) is 7.93. The molecular weight excluding hydrogens is 398 g/mol. The topological polar surface area (TPSA) is 114 Å². The first kappa shape index (κ1) is 19.2. The van der Waals surface area contributed by atoms with Gasteiger partial charge in [-0.05, 0) is 41.1 Å². The summed E-state index contributed by atoms with van der Waals surface area (Å²) in [6.07, 6.45) is 1.44. The van der Waals surface area contributed by atoms with Crippen LogP contribution in [-0.4, -0.2) is 39.9 Å². The molecule has 0 radical (unpaired) electrons. The molecule has 0 saturated heterocycles. The van der Waals surface area contributed by atoms with Gasteiger partial charge in [-0.3, -0.25) is 0 Å². The summed E-state index contributed by atoms with van der Waals surface area (Å²) >= 11 is 5.78. The Hall–Kier alpha value is -3.60. The van der Waals surface area contributed by atoms with Gasteiger partial charge in [-0.25, -0.2) is 19.0 Å². The number of halogens is 3. The number of anilines is 1. The number of methoxy groups -OCH3 is 1. The number of carbonyl (C=O) groups excluding carboxylic acids is 1. The number of benzene rings is 2. The molecule has 0 aliphatic carbocycles. The van der Waals surface area contributed by atoms with Gasteiger partial charge in [0.15, 0.2) is 23.1 Å². The van der Waals surface area contributed by atoms with Crippen molar-refractivity contribution in [2.45, 2.75) is 0 Å². The van der Waals surface area contributed by atoms with E-state index in [1.807, 2.05) is 0 Å². The van der Waals surface area contributed by atoms with E-state index < -0.39 is 17.6 Å². The molecule has 28 heavy (non-hydrogen) atoms. The van der Waals surface area contributed by atoms with Crippen molar-refractivity contribution in [3.8, 4) is 11.5 Å². The van der Waals surface area contributed by atoms with E-state index in [-0.39, 0.29) is 28.0 Å². The van der Waals surface area contributed by atoms with Crippen LogP contribution in [0.4, 0.5) is 14.7 Å². The molecule has 2 N–H and O–H groups in total. The van der Waals surface area contributed by atoms with E-state index in [1.54, 1.807) is 6.07 Å². The van der Waals surface area contributed by atoms with Gasteiger partial charge >= 0.3 is 5.97 Å². The summed E-state index contributed by atoms with van der Waals surface area (Å²) in [5.74, 6) is -2.92. The molecule has 144 valence electrons. The second-order valence-electron chi connectivity index (χ2n) is 5.15. The maximum Gasteiger partial charge on any atom is 0.345 e. The van der Waals surface area contributed by atoms with Crippen LogP contribution in [0.2, 0.25) is 5.02 Å². The number of esters is 1. The number of hydrogen-bond acceptors (Lipinski definition) is 8. The molecule has 12 heteroatoms. The fourth-order valence-electron chi connectivity index (χ4n) is 2.06. The third kappa shape index (κ3) is 4.38. The Morgan fingerprint density at radius 1 is 1.25 bits per heavy atom. The van der Waals surface area contributed by atoms with Crippen LogP contribution >= 0.6 is 11.6 Å². The Balaban J connectivity index is 1.76. The minimum atomic E-state index is -1.22. The van der Waals surface area contributed by atoms with Crippen molar-refractivity contribution in [2.75, 3.05) is 12.5 Å². The Labute approximate surface area is 161 Å². The number of nitrogens with one attached hydrogen (secondary N) is 2. The van der Waals surface area contributed by atoms with Crippen molar-refractivity contribution in [2.24, 2.45) is 5.10 Å². The Kier molecular flexibility index (Phi) is 5.75. The molecule has 0 aliphatic heterocycles. The van der Waals surface area contributed by atoms with Crippen LogP contribution in [0.5, 0.6) is 11.5 Å². The summed E-state index contributed by atoms with van der Waals surface area (Å²) in [5, 5.41) is 16.6. The highest BCUT2D eigenvalue weighted by molar-refractivity contribution is 6.33. The molecule has 3 rings (SSSR count). The number of tetrazole rings is 1. The molecular formula is C16H11ClF2N6O3. The Morgan fingerprint density at radius 2 is 2.04 bits per heavy atom. The number of aromatic nitrogens is 4. The maximum atomic E-state index is 13.4. The van der Waals surface area contributed by atoms with Crippen LogP contribution in [0, 0.1) is 11.6 Å². The standard InChI is InChI=1S/C16H11ClF2N6O3/c1-27-14-4-8(7-20-21-16-22-24-25-23-16)2-3-13(14)28-15(26)9-5-11(18)12(19)6-10(9)17/h2-7H,1H3,(H2,21,22,23,24,25). The summed E-state index contributed by atoms with van der Waals surface area (Å²) in [6, 6.07) is 5.93. The highest BCUT2D eigenvalue weighted by Crippen LogP contribution is 2.29. The quantitative estimate of drug-likeness (QED) is 0.212. The van der Waals surface area contributed by atoms with E-state index in [4.69, 9.17) is 21.1 Å². The van der Waals surface area contributed by atoms with Crippen LogP contribution in [-0.2, 0) is 0 Å². The first-order chi connectivity index (χ1) is 13.5. The average molecular weight is 409 g/mol. The minimum Gasteiger partial charge on any atom is -0.493 e. The number of hydrogen-bond donors (Lipinski definition) is 2. The highest BCUT2D eigenvalue weighted by atomic mass is 35.5. The molecule has 9 nitrogen and oxygen atoms in total. The normalized spacial score (nSPS) is 10.9. The zero-order valence-electron chi connectivity index (χ0n) is 14.1. The lowest BCUT2D eigenvalue weighted by atomic mass is 10.2. The van der Waals surface area contributed by atoms with Crippen molar-refractivity contribution < 1.29 is 23.0 Å². The van der Waals surface area contributed by atoms with Crippen LogP contribution in [0.25, 0.3) is 0 Å². The molecule has 0 unspecified atom stereocenters. The highest BCUT2D eigenvalue weighted by Gasteiger charge is 2.18. The number of carbonyl (C=O) groups is 1. The number of aromatic amines is 1. The maximum absolute atomic E-state index is 13.4. The first-order valence-electron chi connectivity index (χ1n) is 7.55. The Morgan fingerprint density at radius 3 is 2.75 bits per heavy atom.